The lowest BCUT2D eigenvalue weighted by Gasteiger charge is -2.07. The van der Waals surface area contributed by atoms with Gasteiger partial charge in [0.15, 0.2) is 10.8 Å². The number of rotatable bonds is 1. The van der Waals surface area contributed by atoms with Crippen LogP contribution in [0.15, 0.2) is 6.33 Å². The molecule has 5 heteroatoms. The molecule has 16 heavy (non-hydrogen) atoms. The Bertz CT molecular complexity index is 528. The molecule has 2 heterocycles. The Labute approximate surface area is 98.7 Å². The van der Waals surface area contributed by atoms with Crippen LogP contribution in [-0.2, 0) is 7.05 Å². The third-order valence-corrected chi connectivity index (χ3v) is 3.53. The third-order valence-electron chi connectivity index (χ3n) is 3.27. The minimum Gasteiger partial charge on any atom is -0.330 e. The van der Waals surface area contributed by atoms with Gasteiger partial charge in [-0.1, -0.05) is 24.4 Å². The zero-order valence-corrected chi connectivity index (χ0v) is 9.91. The predicted molar refractivity (Wildman–Crippen MR) is 62.5 cm³/mol. The minimum absolute atomic E-state index is 0.476. The molecule has 0 radical (unpaired) electrons. The number of imidazole rings is 1. The van der Waals surface area contributed by atoms with E-state index in [1.807, 2.05) is 11.6 Å². The van der Waals surface area contributed by atoms with Gasteiger partial charge in [0.2, 0.25) is 0 Å². The van der Waals surface area contributed by atoms with Gasteiger partial charge >= 0.3 is 0 Å². The summed E-state index contributed by atoms with van der Waals surface area (Å²) in [6, 6.07) is 0. The highest BCUT2D eigenvalue weighted by molar-refractivity contribution is 6.33. The summed E-state index contributed by atoms with van der Waals surface area (Å²) in [5, 5.41) is 0.520. The van der Waals surface area contributed by atoms with Gasteiger partial charge in [-0.2, -0.15) is 0 Å². The summed E-state index contributed by atoms with van der Waals surface area (Å²) in [4.78, 5) is 13.2. The lowest BCUT2D eigenvalue weighted by Crippen LogP contribution is -2.02. The number of halogens is 1. The molecule has 0 unspecified atom stereocenters. The summed E-state index contributed by atoms with van der Waals surface area (Å²) < 4.78 is 1.86. The Balaban J connectivity index is 2.13. The fraction of sp³-hybridized carbons (Fsp3) is 0.545. The lowest BCUT2D eigenvalue weighted by atomic mass is 10.1. The van der Waals surface area contributed by atoms with Crippen molar-refractivity contribution in [2.24, 2.45) is 7.05 Å². The summed E-state index contributed by atoms with van der Waals surface area (Å²) in [6.07, 6.45) is 6.62. The zero-order chi connectivity index (χ0) is 11.1. The van der Waals surface area contributed by atoms with Gasteiger partial charge in [-0.25, -0.2) is 15.0 Å². The molecule has 2 aromatic heterocycles. The van der Waals surface area contributed by atoms with E-state index >= 15 is 0 Å². The molecule has 84 valence electrons. The average Bonchev–Trinajstić information content (AvgIpc) is 2.87. The molecule has 0 amide bonds. The monoisotopic (exact) mass is 236 g/mol. The highest BCUT2D eigenvalue weighted by atomic mass is 35.5. The van der Waals surface area contributed by atoms with Crippen LogP contribution in [-0.4, -0.2) is 19.5 Å². The quantitative estimate of drug-likeness (QED) is 0.715. The Hall–Kier alpha value is -1.16. The van der Waals surface area contributed by atoms with Crippen molar-refractivity contribution in [3.8, 4) is 0 Å². The Morgan fingerprint density at radius 3 is 2.81 bits per heavy atom. The van der Waals surface area contributed by atoms with Crippen LogP contribution < -0.4 is 0 Å². The van der Waals surface area contributed by atoms with E-state index in [0.29, 0.717) is 16.7 Å². The van der Waals surface area contributed by atoms with Crippen LogP contribution in [0.4, 0.5) is 0 Å². The van der Waals surface area contributed by atoms with Crippen molar-refractivity contribution in [2.75, 3.05) is 0 Å². The zero-order valence-electron chi connectivity index (χ0n) is 9.15. The van der Waals surface area contributed by atoms with E-state index in [4.69, 9.17) is 11.6 Å². The largest absolute Gasteiger partial charge is 0.330 e. The number of fused-ring (bicyclic) bond motifs is 1. The second kappa shape index (κ2) is 3.70. The Morgan fingerprint density at radius 2 is 2.06 bits per heavy atom. The maximum absolute atomic E-state index is 6.18. The smallest absolute Gasteiger partial charge is 0.182 e. The van der Waals surface area contributed by atoms with Crippen molar-refractivity contribution in [2.45, 2.75) is 31.6 Å². The summed E-state index contributed by atoms with van der Waals surface area (Å²) in [5.41, 5.74) is 1.54. The van der Waals surface area contributed by atoms with Gasteiger partial charge in [0, 0.05) is 13.0 Å². The second-order valence-electron chi connectivity index (χ2n) is 4.38. The van der Waals surface area contributed by atoms with Crippen molar-refractivity contribution in [3.05, 3.63) is 17.3 Å². The molecule has 1 aliphatic rings. The van der Waals surface area contributed by atoms with Gasteiger partial charge < -0.3 is 4.57 Å². The molecule has 1 fully saturated rings. The molecule has 1 saturated carbocycles. The summed E-state index contributed by atoms with van der Waals surface area (Å²) >= 11 is 6.18. The van der Waals surface area contributed by atoms with Crippen LogP contribution in [0.1, 0.15) is 37.4 Å². The van der Waals surface area contributed by atoms with Crippen molar-refractivity contribution >= 4 is 22.8 Å². The number of nitrogens with zero attached hydrogens (tertiary/aromatic N) is 4. The first-order valence-corrected chi connectivity index (χ1v) is 5.98. The van der Waals surface area contributed by atoms with E-state index in [1.54, 1.807) is 6.33 Å². The van der Waals surface area contributed by atoms with Crippen LogP contribution in [0.5, 0.6) is 0 Å². The molecule has 0 spiro atoms. The SMILES string of the molecule is Cn1cnc2nc(C3CCCC3)nc(Cl)c21. The molecular weight excluding hydrogens is 224 g/mol. The predicted octanol–water partition coefficient (Wildman–Crippen LogP) is 2.67. The van der Waals surface area contributed by atoms with Crippen molar-refractivity contribution in [1.29, 1.82) is 0 Å². The van der Waals surface area contributed by atoms with Crippen LogP contribution in [0, 0.1) is 0 Å². The molecule has 0 N–H and O–H groups in total. The molecule has 4 nitrogen and oxygen atoms in total. The van der Waals surface area contributed by atoms with Gasteiger partial charge in [0.05, 0.1) is 6.33 Å². The van der Waals surface area contributed by atoms with Crippen LogP contribution in [0.3, 0.4) is 0 Å². The van der Waals surface area contributed by atoms with E-state index in [-0.39, 0.29) is 0 Å². The second-order valence-corrected chi connectivity index (χ2v) is 4.74. The normalized spacial score (nSPS) is 17.4. The van der Waals surface area contributed by atoms with Crippen molar-refractivity contribution in [1.82, 2.24) is 19.5 Å². The van der Waals surface area contributed by atoms with Gasteiger partial charge in [0.25, 0.3) is 0 Å². The Morgan fingerprint density at radius 1 is 1.31 bits per heavy atom. The fourth-order valence-electron chi connectivity index (χ4n) is 2.39. The van der Waals surface area contributed by atoms with E-state index < -0.39 is 0 Å². The van der Waals surface area contributed by atoms with Crippen LogP contribution in [0.25, 0.3) is 11.2 Å². The molecule has 0 saturated heterocycles. The van der Waals surface area contributed by atoms with Crippen LogP contribution in [0.2, 0.25) is 5.15 Å². The summed E-state index contributed by atoms with van der Waals surface area (Å²) in [7, 11) is 1.90. The summed E-state index contributed by atoms with van der Waals surface area (Å²) in [5.74, 6) is 1.35. The highest BCUT2D eigenvalue weighted by Gasteiger charge is 2.21. The topological polar surface area (TPSA) is 43.6 Å². The number of aromatic nitrogens is 4. The van der Waals surface area contributed by atoms with E-state index in [1.165, 1.54) is 25.7 Å². The standard InChI is InChI=1S/C11H13ClN4/c1-16-6-13-11-8(16)9(12)14-10(15-11)7-4-2-3-5-7/h6-7H,2-5H2,1H3. The first-order valence-electron chi connectivity index (χ1n) is 5.60. The van der Waals surface area contributed by atoms with Crippen LogP contribution >= 0.6 is 11.6 Å². The fourth-order valence-corrected chi connectivity index (χ4v) is 2.70. The molecule has 3 rings (SSSR count). The van der Waals surface area contributed by atoms with E-state index in [9.17, 15) is 0 Å². The molecule has 0 bridgehead atoms. The molecule has 0 aliphatic heterocycles. The van der Waals surface area contributed by atoms with Crippen molar-refractivity contribution < 1.29 is 0 Å². The molecule has 2 aromatic rings. The maximum Gasteiger partial charge on any atom is 0.182 e. The number of aryl methyl sites for hydroxylation is 1. The van der Waals surface area contributed by atoms with E-state index in [2.05, 4.69) is 15.0 Å². The summed E-state index contributed by atoms with van der Waals surface area (Å²) in [6.45, 7) is 0. The van der Waals surface area contributed by atoms with Gasteiger partial charge in [0.1, 0.15) is 11.3 Å². The highest BCUT2D eigenvalue weighted by Crippen LogP contribution is 2.33. The number of hydrogen-bond acceptors (Lipinski definition) is 3. The van der Waals surface area contributed by atoms with E-state index in [0.717, 1.165) is 11.3 Å². The first-order chi connectivity index (χ1) is 7.75. The number of hydrogen-bond donors (Lipinski definition) is 0. The third kappa shape index (κ3) is 1.48. The van der Waals surface area contributed by atoms with Gasteiger partial charge in [-0.15, -0.1) is 0 Å². The molecule has 1 aliphatic carbocycles. The minimum atomic E-state index is 0.476. The molecule has 0 aromatic carbocycles. The molecular formula is C11H13ClN4. The first kappa shape index (κ1) is 10.0. The Kier molecular flexibility index (Phi) is 2.32. The van der Waals surface area contributed by atoms with Crippen molar-refractivity contribution in [3.63, 3.8) is 0 Å². The van der Waals surface area contributed by atoms with Gasteiger partial charge in [-0.3, -0.25) is 0 Å². The van der Waals surface area contributed by atoms with Gasteiger partial charge in [-0.05, 0) is 12.8 Å². The average molecular weight is 237 g/mol. The lowest BCUT2D eigenvalue weighted by molar-refractivity contribution is 0.671. The molecule has 0 atom stereocenters. The maximum atomic E-state index is 6.18.